The van der Waals surface area contributed by atoms with Crippen molar-refractivity contribution < 1.29 is 9.53 Å². The second-order valence-electron chi connectivity index (χ2n) is 6.72. The Kier molecular flexibility index (Phi) is 5.41. The van der Waals surface area contributed by atoms with Gasteiger partial charge in [-0.15, -0.1) is 0 Å². The Morgan fingerprint density at radius 2 is 1.70 bits per heavy atom. The molecule has 2 aliphatic heterocycles. The molecular weight excluding hydrogens is 405 g/mol. The number of hydrazone groups is 1. The molecule has 4 rings (SSSR count). The van der Waals surface area contributed by atoms with Gasteiger partial charge in [-0.05, 0) is 0 Å². The van der Waals surface area contributed by atoms with Gasteiger partial charge in [-0.2, -0.15) is 0 Å². The molecule has 5 nitrogen and oxygen atoms in total. The Morgan fingerprint density at radius 1 is 1.07 bits per heavy atom. The molecule has 0 radical (unpaired) electrons. The van der Waals surface area contributed by atoms with Gasteiger partial charge in [0.25, 0.3) is 0 Å². The van der Waals surface area contributed by atoms with E-state index in [0.717, 1.165) is 25.2 Å². The average Bonchev–Trinajstić information content (AvgIpc) is 3.11. The molecule has 2 aromatic carbocycles. The summed E-state index contributed by atoms with van der Waals surface area (Å²) in [4.78, 5) is 14.7. The number of carbonyl (C=O) groups excluding carboxylic acids is 1. The Hall–Kier alpha value is -1.98. The van der Waals surface area contributed by atoms with E-state index in [0.29, 0.717) is 17.8 Å². The summed E-state index contributed by atoms with van der Waals surface area (Å²) in [6.07, 6.45) is 0.822. The van der Waals surface area contributed by atoms with E-state index in [2.05, 4.69) is 46.3 Å². The Labute approximate surface area is 166 Å². The molecule has 0 amide bonds. The van der Waals surface area contributed by atoms with Crippen molar-refractivity contribution in [3.63, 3.8) is 0 Å². The van der Waals surface area contributed by atoms with E-state index in [1.807, 2.05) is 24.3 Å². The van der Waals surface area contributed by atoms with E-state index in [1.165, 1.54) is 5.56 Å². The van der Waals surface area contributed by atoms with Gasteiger partial charge in [0.2, 0.25) is 0 Å². The standard InChI is InChI=1S/C21H23N3O2Se/c1-17(25)20-22-24(19-10-6-3-7-11-19)21(27-20,23-12-14-26-15-13-23)16-18-8-4-2-5-9-18/h2-11H,12-16H2,1H3. The van der Waals surface area contributed by atoms with Crippen molar-refractivity contribution in [3.8, 4) is 0 Å². The second-order valence-corrected chi connectivity index (χ2v) is 9.33. The third-order valence-corrected chi connectivity index (χ3v) is 7.94. The molecule has 1 unspecified atom stereocenters. The van der Waals surface area contributed by atoms with Gasteiger partial charge in [0.1, 0.15) is 0 Å². The Morgan fingerprint density at radius 3 is 2.33 bits per heavy atom. The molecule has 1 fully saturated rings. The van der Waals surface area contributed by atoms with Gasteiger partial charge >= 0.3 is 166 Å². The van der Waals surface area contributed by atoms with Gasteiger partial charge in [-0.25, -0.2) is 0 Å². The monoisotopic (exact) mass is 429 g/mol. The molecule has 6 heteroatoms. The van der Waals surface area contributed by atoms with Crippen LogP contribution in [-0.4, -0.2) is 61.1 Å². The summed E-state index contributed by atoms with van der Waals surface area (Å²) in [5, 5.41) is 6.93. The number of ether oxygens (including phenoxy) is 1. The van der Waals surface area contributed by atoms with Crippen LogP contribution >= 0.6 is 0 Å². The Balaban J connectivity index is 1.80. The van der Waals surface area contributed by atoms with Crippen LogP contribution in [-0.2, 0) is 16.0 Å². The minimum absolute atomic E-state index is 0.0686. The molecule has 2 aromatic rings. The number of Topliss-reactive ketones (excluding diaryl/α,β-unsaturated/α-hetero) is 1. The van der Waals surface area contributed by atoms with E-state index in [-0.39, 0.29) is 25.3 Å². The molecular formula is C21H23N3O2Se. The summed E-state index contributed by atoms with van der Waals surface area (Å²) in [6.45, 7) is 4.74. The molecule has 0 bridgehead atoms. The fourth-order valence-corrected chi connectivity index (χ4v) is 6.41. The number of carbonyl (C=O) groups is 1. The summed E-state index contributed by atoms with van der Waals surface area (Å²) >= 11 is -0.0954. The van der Waals surface area contributed by atoms with Crippen LogP contribution in [0.5, 0.6) is 0 Å². The number of morpholine rings is 1. The molecule has 1 atom stereocenters. The third-order valence-electron chi connectivity index (χ3n) is 4.87. The predicted octanol–water partition coefficient (Wildman–Crippen LogP) is 2.34. The van der Waals surface area contributed by atoms with Crippen LogP contribution < -0.4 is 5.01 Å². The van der Waals surface area contributed by atoms with Crippen molar-refractivity contribution in [3.05, 3.63) is 66.2 Å². The number of anilines is 1. The summed E-state index contributed by atoms with van der Waals surface area (Å²) in [7, 11) is 0. The van der Waals surface area contributed by atoms with Crippen molar-refractivity contribution in [1.82, 2.24) is 4.90 Å². The van der Waals surface area contributed by atoms with Crippen molar-refractivity contribution >= 4 is 31.0 Å². The van der Waals surface area contributed by atoms with Crippen molar-refractivity contribution in [2.45, 2.75) is 17.9 Å². The zero-order chi connectivity index (χ0) is 18.7. The topological polar surface area (TPSA) is 45.1 Å². The number of para-hydroxylation sites is 1. The maximum absolute atomic E-state index is 12.3. The number of hydrogen-bond acceptors (Lipinski definition) is 5. The van der Waals surface area contributed by atoms with Gasteiger partial charge in [0.05, 0.1) is 0 Å². The zero-order valence-corrected chi connectivity index (χ0v) is 17.1. The SMILES string of the molecule is CC(=O)C1=NN(c2ccccc2)C(Cc2ccccc2)(N2CCOCC2)[Se]1. The predicted molar refractivity (Wildman–Crippen MR) is 108 cm³/mol. The Bertz CT molecular complexity index is 822. The van der Waals surface area contributed by atoms with Crippen LogP contribution in [0.1, 0.15) is 12.5 Å². The molecule has 2 heterocycles. The van der Waals surface area contributed by atoms with Gasteiger partial charge < -0.3 is 0 Å². The van der Waals surface area contributed by atoms with E-state index in [4.69, 9.17) is 9.84 Å². The van der Waals surface area contributed by atoms with Gasteiger partial charge in [-0.1, -0.05) is 0 Å². The number of rotatable bonds is 5. The first-order valence-corrected chi connectivity index (χ1v) is 10.9. The molecule has 0 aromatic heterocycles. The molecule has 1 saturated heterocycles. The van der Waals surface area contributed by atoms with Crippen LogP contribution in [0.4, 0.5) is 5.69 Å². The fraction of sp³-hybridized carbons (Fsp3) is 0.333. The second kappa shape index (κ2) is 7.95. The van der Waals surface area contributed by atoms with Gasteiger partial charge in [0.15, 0.2) is 0 Å². The fourth-order valence-electron chi connectivity index (χ4n) is 3.55. The number of nitrogens with zero attached hydrogens (tertiary/aromatic N) is 3. The van der Waals surface area contributed by atoms with Crippen LogP contribution in [0, 0.1) is 0 Å². The summed E-state index contributed by atoms with van der Waals surface area (Å²) in [5.41, 5.74) is 2.28. The first-order valence-electron chi connectivity index (χ1n) is 9.20. The first-order chi connectivity index (χ1) is 13.2. The quantitative estimate of drug-likeness (QED) is 0.686. The normalized spacial score (nSPS) is 23.3. The van der Waals surface area contributed by atoms with Crippen molar-refractivity contribution in [1.29, 1.82) is 0 Å². The summed E-state index contributed by atoms with van der Waals surface area (Å²) < 4.78 is 5.98. The van der Waals surface area contributed by atoms with E-state index < -0.39 is 0 Å². The number of hydrogen-bond donors (Lipinski definition) is 0. The molecule has 0 spiro atoms. The van der Waals surface area contributed by atoms with Crippen LogP contribution in [0.3, 0.4) is 0 Å². The van der Waals surface area contributed by atoms with Crippen LogP contribution in [0.15, 0.2) is 65.8 Å². The molecule has 27 heavy (non-hydrogen) atoms. The zero-order valence-electron chi connectivity index (χ0n) is 15.4. The van der Waals surface area contributed by atoms with E-state index in [1.54, 1.807) is 6.92 Å². The van der Waals surface area contributed by atoms with Crippen LogP contribution in [0.2, 0.25) is 0 Å². The minimum atomic E-state index is -0.333. The molecule has 140 valence electrons. The first kappa shape index (κ1) is 18.4. The maximum atomic E-state index is 12.3. The van der Waals surface area contributed by atoms with Crippen LogP contribution in [0.25, 0.3) is 0 Å². The number of benzene rings is 2. The van der Waals surface area contributed by atoms with Crippen molar-refractivity contribution in [2.24, 2.45) is 5.10 Å². The number of ketones is 1. The summed E-state index contributed by atoms with van der Waals surface area (Å²) in [5.74, 6) is 0.0686. The molecule has 0 aliphatic carbocycles. The molecule has 0 N–H and O–H groups in total. The molecule has 0 saturated carbocycles. The van der Waals surface area contributed by atoms with Gasteiger partial charge in [-0.3, -0.25) is 0 Å². The van der Waals surface area contributed by atoms with Crippen molar-refractivity contribution in [2.75, 3.05) is 31.3 Å². The average molecular weight is 428 g/mol. The molecule has 2 aliphatic rings. The van der Waals surface area contributed by atoms with E-state index >= 15 is 0 Å². The van der Waals surface area contributed by atoms with E-state index in [9.17, 15) is 4.79 Å². The third kappa shape index (κ3) is 3.71. The van der Waals surface area contributed by atoms with Gasteiger partial charge in [0, 0.05) is 0 Å². The summed E-state index contributed by atoms with van der Waals surface area (Å²) in [6, 6.07) is 20.7.